The molecule has 1 fully saturated rings. The molecule has 0 spiro atoms. The van der Waals surface area contributed by atoms with Gasteiger partial charge in [0.1, 0.15) is 17.7 Å². The Labute approximate surface area is 213 Å². The number of aliphatic hydroxyl groups excluding tert-OH is 1. The highest BCUT2D eigenvalue weighted by Gasteiger charge is 2.44. The lowest BCUT2D eigenvalue weighted by atomic mass is 9.93. The second kappa shape index (κ2) is 11.6. The minimum atomic E-state index is -1.24. The van der Waals surface area contributed by atoms with Crippen LogP contribution in [-0.2, 0) is 20.9 Å². The molecule has 0 aromatic heterocycles. The van der Waals surface area contributed by atoms with E-state index >= 15 is 0 Å². The van der Waals surface area contributed by atoms with E-state index in [1.165, 1.54) is 4.90 Å². The molecule has 3 amide bonds. The van der Waals surface area contributed by atoms with E-state index in [1.807, 2.05) is 62.4 Å². The summed E-state index contributed by atoms with van der Waals surface area (Å²) in [6.45, 7) is 8.67. The van der Waals surface area contributed by atoms with Gasteiger partial charge < -0.3 is 25.4 Å². The fourth-order valence-corrected chi connectivity index (χ4v) is 4.22. The van der Waals surface area contributed by atoms with Crippen molar-refractivity contribution in [1.82, 2.24) is 15.5 Å². The molecule has 8 nitrogen and oxygen atoms in total. The third kappa shape index (κ3) is 7.07. The summed E-state index contributed by atoms with van der Waals surface area (Å²) in [5.41, 5.74) is 2.69. The topological polar surface area (TPSA) is 108 Å². The van der Waals surface area contributed by atoms with Crippen LogP contribution < -0.4 is 10.6 Å². The third-order valence-electron chi connectivity index (χ3n) is 6.02. The van der Waals surface area contributed by atoms with Crippen molar-refractivity contribution in [3.63, 3.8) is 0 Å². The Bertz CT molecular complexity index is 1060. The molecule has 0 heterocycles. The van der Waals surface area contributed by atoms with Gasteiger partial charge in [0.15, 0.2) is 0 Å². The lowest BCUT2D eigenvalue weighted by Gasteiger charge is -2.35. The van der Waals surface area contributed by atoms with Gasteiger partial charge in [-0.2, -0.15) is 0 Å². The number of hydrogen-bond donors (Lipinski definition) is 3. The van der Waals surface area contributed by atoms with Gasteiger partial charge in [0.2, 0.25) is 11.8 Å². The van der Waals surface area contributed by atoms with Crippen LogP contribution in [0.15, 0.2) is 48.5 Å². The summed E-state index contributed by atoms with van der Waals surface area (Å²) < 4.78 is 5.28. The first-order chi connectivity index (χ1) is 17.0. The molecule has 1 saturated carbocycles. The van der Waals surface area contributed by atoms with E-state index in [2.05, 4.69) is 10.6 Å². The number of rotatable bonds is 9. The van der Waals surface area contributed by atoms with Crippen molar-refractivity contribution < 1.29 is 24.2 Å². The summed E-state index contributed by atoms with van der Waals surface area (Å²) in [6.07, 6.45) is 0.677. The number of aliphatic hydroxyl groups is 1. The second-order valence-corrected chi connectivity index (χ2v) is 10.3. The van der Waals surface area contributed by atoms with Crippen LogP contribution in [0.5, 0.6) is 0 Å². The zero-order valence-corrected chi connectivity index (χ0v) is 21.7. The molecule has 0 radical (unpaired) electrons. The van der Waals surface area contributed by atoms with Crippen molar-refractivity contribution in [2.75, 3.05) is 6.61 Å². The predicted molar refractivity (Wildman–Crippen MR) is 137 cm³/mol. The Kier molecular flexibility index (Phi) is 8.74. The van der Waals surface area contributed by atoms with Crippen molar-refractivity contribution >= 4 is 17.9 Å². The number of nitrogens with zero attached hydrogens (tertiary/aromatic N) is 1. The molecule has 8 heteroatoms. The number of nitrogens with one attached hydrogen (secondary N) is 2. The van der Waals surface area contributed by atoms with Crippen molar-refractivity contribution in [3.8, 4) is 0 Å². The molecule has 3 rings (SSSR count). The second-order valence-electron chi connectivity index (χ2n) is 10.3. The molecular weight excluding hydrogens is 458 g/mol. The summed E-state index contributed by atoms with van der Waals surface area (Å²) in [4.78, 5) is 41.5. The molecule has 0 bridgehead atoms. The summed E-state index contributed by atoms with van der Waals surface area (Å²) in [7, 11) is 0. The smallest absolute Gasteiger partial charge is 0.408 e. The van der Waals surface area contributed by atoms with Crippen LogP contribution in [0.3, 0.4) is 0 Å². The Morgan fingerprint density at radius 1 is 1.03 bits per heavy atom. The average Bonchev–Trinajstić information content (AvgIpc) is 3.64. The number of carbonyl (C=O) groups excluding carboxylic acids is 3. The van der Waals surface area contributed by atoms with E-state index in [0.717, 1.165) is 35.1 Å². The Balaban J connectivity index is 1.94. The first-order valence-corrected chi connectivity index (χ1v) is 12.3. The average molecular weight is 496 g/mol. The minimum Gasteiger partial charge on any atom is -0.444 e. The van der Waals surface area contributed by atoms with Crippen molar-refractivity contribution in [1.29, 1.82) is 0 Å². The lowest BCUT2D eigenvalue weighted by Crippen LogP contribution is -2.55. The van der Waals surface area contributed by atoms with Gasteiger partial charge in [-0.25, -0.2) is 4.79 Å². The number of amides is 3. The standard InChI is InChI=1S/C28H37N3O5/c1-18-10-9-11-19(2)23(18)24(25(33)29-16-20-12-7-6-8-13-20)31(21-14-15-21)26(34)22(17-32)30-27(35)36-28(3,4)5/h6-13,21-22,24,32H,14-17H2,1-5H3,(H,29,33)(H,30,35). The van der Waals surface area contributed by atoms with Gasteiger partial charge in [-0.15, -0.1) is 0 Å². The van der Waals surface area contributed by atoms with Gasteiger partial charge in [0.25, 0.3) is 0 Å². The molecule has 2 aromatic carbocycles. The van der Waals surface area contributed by atoms with E-state index in [4.69, 9.17) is 4.74 Å². The SMILES string of the molecule is Cc1cccc(C)c1C(C(=O)NCc1ccccc1)N(C(=O)C(CO)NC(=O)OC(C)(C)C)C1CC1. The summed E-state index contributed by atoms with van der Waals surface area (Å²) in [5.74, 6) is -0.834. The predicted octanol–water partition coefficient (Wildman–Crippen LogP) is 3.54. The lowest BCUT2D eigenvalue weighted by molar-refractivity contribution is -0.144. The van der Waals surface area contributed by atoms with Gasteiger partial charge in [0.05, 0.1) is 6.61 Å². The molecule has 1 aliphatic carbocycles. The molecule has 36 heavy (non-hydrogen) atoms. The highest BCUT2D eigenvalue weighted by molar-refractivity contribution is 5.93. The number of benzene rings is 2. The molecule has 194 valence electrons. The number of carbonyl (C=O) groups is 3. The van der Waals surface area contributed by atoms with Crippen LogP contribution in [0, 0.1) is 13.8 Å². The largest absolute Gasteiger partial charge is 0.444 e. The highest BCUT2D eigenvalue weighted by atomic mass is 16.6. The molecule has 2 atom stereocenters. The normalized spacial score (nSPS) is 14.9. The van der Waals surface area contributed by atoms with Crippen LogP contribution in [0.25, 0.3) is 0 Å². The maximum Gasteiger partial charge on any atom is 0.408 e. The molecule has 3 N–H and O–H groups in total. The van der Waals surface area contributed by atoms with Crippen molar-refractivity contribution in [2.24, 2.45) is 0 Å². The van der Waals surface area contributed by atoms with E-state index < -0.39 is 36.3 Å². The van der Waals surface area contributed by atoms with Gasteiger partial charge in [-0.05, 0) is 69.7 Å². The molecule has 2 aromatic rings. The first kappa shape index (κ1) is 27.2. The van der Waals surface area contributed by atoms with Gasteiger partial charge in [-0.1, -0.05) is 48.5 Å². The summed E-state index contributed by atoms with van der Waals surface area (Å²) in [5, 5.41) is 15.5. The quantitative estimate of drug-likeness (QED) is 0.493. The van der Waals surface area contributed by atoms with Crippen LogP contribution >= 0.6 is 0 Å². The summed E-state index contributed by atoms with van der Waals surface area (Å²) >= 11 is 0. The number of alkyl carbamates (subject to hydrolysis) is 1. The number of aryl methyl sites for hydroxylation is 2. The molecule has 0 saturated heterocycles. The molecule has 0 aliphatic heterocycles. The Morgan fingerprint density at radius 2 is 1.64 bits per heavy atom. The van der Waals surface area contributed by atoms with Crippen LogP contribution in [0.4, 0.5) is 4.79 Å². The van der Waals surface area contributed by atoms with Crippen LogP contribution in [0.1, 0.15) is 61.9 Å². The van der Waals surface area contributed by atoms with Crippen LogP contribution in [-0.4, -0.2) is 52.2 Å². The third-order valence-corrected chi connectivity index (χ3v) is 6.02. The zero-order chi connectivity index (χ0) is 26.5. The van der Waals surface area contributed by atoms with Crippen molar-refractivity contribution in [3.05, 3.63) is 70.8 Å². The van der Waals surface area contributed by atoms with E-state index in [9.17, 15) is 19.5 Å². The first-order valence-electron chi connectivity index (χ1n) is 12.3. The molecular formula is C28H37N3O5. The molecule has 2 unspecified atom stereocenters. The molecule has 1 aliphatic rings. The highest BCUT2D eigenvalue weighted by Crippen LogP contribution is 2.37. The Hall–Kier alpha value is -3.39. The van der Waals surface area contributed by atoms with E-state index in [-0.39, 0.29) is 11.9 Å². The van der Waals surface area contributed by atoms with E-state index in [0.29, 0.717) is 6.54 Å². The number of ether oxygens (including phenoxy) is 1. The van der Waals surface area contributed by atoms with E-state index in [1.54, 1.807) is 20.8 Å². The summed E-state index contributed by atoms with van der Waals surface area (Å²) in [6, 6.07) is 13.0. The fraction of sp³-hybridized carbons (Fsp3) is 0.464. The van der Waals surface area contributed by atoms with Crippen molar-refractivity contribution in [2.45, 2.75) is 77.7 Å². The van der Waals surface area contributed by atoms with Gasteiger partial charge >= 0.3 is 6.09 Å². The maximum atomic E-state index is 13.8. The van der Waals surface area contributed by atoms with Gasteiger partial charge in [-0.3, -0.25) is 9.59 Å². The number of hydrogen-bond acceptors (Lipinski definition) is 5. The minimum absolute atomic E-state index is 0.168. The van der Waals surface area contributed by atoms with Crippen LogP contribution in [0.2, 0.25) is 0 Å². The Morgan fingerprint density at radius 3 is 2.17 bits per heavy atom. The fourth-order valence-electron chi connectivity index (χ4n) is 4.22. The van der Waals surface area contributed by atoms with Gasteiger partial charge in [0, 0.05) is 12.6 Å². The maximum absolute atomic E-state index is 13.8. The monoisotopic (exact) mass is 495 g/mol. The zero-order valence-electron chi connectivity index (χ0n) is 21.7.